The average molecular weight is 603 g/mol. The maximum atomic E-state index is 5.75. The molecule has 4 saturated heterocycles. The Kier molecular flexibility index (Phi) is 8.90. The molecular weight excluding hydrogens is 596 g/mol. The van der Waals surface area contributed by atoms with Crippen molar-refractivity contribution in [3.05, 3.63) is 0 Å². The van der Waals surface area contributed by atoms with Crippen LogP contribution in [0, 0.1) is 0 Å². The summed E-state index contributed by atoms with van der Waals surface area (Å²) in [4.78, 5) is 0. The van der Waals surface area contributed by atoms with E-state index < -0.39 is 20.3 Å². The van der Waals surface area contributed by atoms with Gasteiger partial charge in [0, 0.05) is 14.2 Å². The first-order chi connectivity index (χ1) is 9.36. The Hall–Kier alpha value is 5.62. The molecule has 0 amide bonds. The summed E-state index contributed by atoms with van der Waals surface area (Å²) in [5, 5.41) is 0. The fourth-order valence-corrected chi connectivity index (χ4v) is 222. The van der Waals surface area contributed by atoms with Gasteiger partial charge in [0.25, 0.3) is 0 Å². The molecular formula is C2H7O2P5S12. The summed E-state index contributed by atoms with van der Waals surface area (Å²) in [6.07, 6.45) is 0. The maximum Gasteiger partial charge on any atom is 0.243 e. The first kappa shape index (κ1) is 22.9. The summed E-state index contributed by atoms with van der Waals surface area (Å²) in [6, 6.07) is 0. The van der Waals surface area contributed by atoms with Crippen LogP contribution < -0.4 is 0 Å². The van der Waals surface area contributed by atoms with Gasteiger partial charge in [-0.05, 0) is 77.8 Å². The second-order valence-electron chi connectivity index (χ2n) is 3.11. The van der Waals surface area contributed by atoms with Crippen molar-refractivity contribution in [2.45, 2.75) is 0 Å². The highest BCUT2D eigenvalue weighted by Crippen LogP contribution is 3.30. The van der Waals surface area contributed by atoms with E-state index >= 15 is 0 Å². The molecule has 0 aromatic carbocycles. The summed E-state index contributed by atoms with van der Waals surface area (Å²) in [7, 11) is 2.97. The van der Waals surface area contributed by atoms with Gasteiger partial charge in [-0.15, -0.1) is 0 Å². The van der Waals surface area contributed by atoms with Gasteiger partial charge in [0.2, 0.25) is 5.69 Å². The van der Waals surface area contributed by atoms with Crippen LogP contribution in [0.4, 0.5) is 0 Å². The lowest BCUT2D eigenvalue weighted by Gasteiger charge is -2.51. The van der Waals surface area contributed by atoms with Gasteiger partial charge in [-0.25, -0.2) is 0 Å². The zero-order valence-corrected chi connectivity index (χ0v) is 24.3. The van der Waals surface area contributed by atoms with Crippen LogP contribution >= 0.6 is 98.5 Å². The van der Waals surface area contributed by atoms with Crippen LogP contribution in [-0.4, -0.2) is 14.2 Å². The first-order valence-electron chi connectivity index (χ1n) is 4.49. The van der Waals surface area contributed by atoms with E-state index in [-0.39, 0.29) is 0 Å². The largest absolute Gasteiger partial charge is 0.325 e. The molecule has 19 heteroatoms. The monoisotopic (exact) mass is 602 g/mol. The molecule has 0 aliphatic carbocycles. The Morgan fingerprint density at radius 3 is 1.00 bits per heavy atom. The van der Waals surface area contributed by atoms with Crippen LogP contribution in [-0.2, 0) is 68.1 Å². The lowest BCUT2D eigenvalue weighted by Crippen LogP contribution is -1.83. The van der Waals surface area contributed by atoms with Crippen molar-refractivity contribution in [3.8, 4) is 0 Å². The lowest BCUT2D eigenvalue weighted by molar-refractivity contribution is 0.354. The van der Waals surface area contributed by atoms with Crippen LogP contribution in [0.15, 0.2) is 0 Å². The van der Waals surface area contributed by atoms with Gasteiger partial charge < -0.3 is 9.05 Å². The highest BCUT2D eigenvalue weighted by Gasteiger charge is 2.60. The molecule has 0 radical (unpaired) electrons. The summed E-state index contributed by atoms with van der Waals surface area (Å²) in [6.45, 7) is 0. The van der Waals surface area contributed by atoms with E-state index in [9.17, 15) is 0 Å². The first-order valence-corrected chi connectivity index (χ1v) is 31.6. The van der Waals surface area contributed by atoms with Gasteiger partial charge in [0.1, 0.15) is 14.6 Å². The molecule has 4 rings (SSSR count). The molecule has 4 aliphatic heterocycles. The van der Waals surface area contributed by atoms with Crippen LogP contribution in [0.2, 0.25) is 0 Å². The second kappa shape index (κ2) is 8.16. The Morgan fingerprint density at radius 1 is 0.714 bits per heavy atom. The van der Waals surface area contributed by atoms with E-state index in [1.807, 2.05) is 66.0 Å². The molecule has 0 aromatic heterocycles. The van der Waals surface area contributed by atoms with E-state index in [2.05, 4.69) is 33.1 Å². The zero-order chi connectivity index (χ0) is 16.2. The highest BCUT2D eigenvalue weighted by molar-refractivity contribution is 9.83. The fraction of sp³-hybridized carbons (Fsp3) is 1.00. The smallest absolute Gasteiger partial charge is 0.243 e. The van der Waals surface area contributed by atoms with E-state index in [4.69, 9.17) is 47.2 Å². The fourth-order valence-electron chi connectivity index (χ4n) is 0.988. The van der Waals surface area contributed by atoms with Gasteiger partial charge in [-0.1, -0.05) is 59.5 Å². The summed E-state index contributed by atoms with van der Waals surface area (Å²) >= 11 is 43.1. The third-order valence-electron chi connectivity index (χ3n) is 1.66. The SMILES string of the molecule is COP(=S)(S)OC.S=P12SP3(=S)SP(=S)(S1)SP(=S)(S2)S3. The number of hydrogen-bond acceptors (Lipinski definition) is 13. The predicted molar refractivity (Wildman–Crippen MR) is 140 cm³/mol. The van der Waals surface area contributed by atoms with Crippen molar-refractivity contribution < 1.29 is 9.05 Å². The lowest BCUT2D eigenvalue weighted by atomic mass is 11.8. The minimum atomic E-state index is -2.13. The highest BCUT2D eigenvalue weighted by atomic mass is 34.1. The molecule has 4 bridgehead atoms. The van der Waals surface area contributed by atoms with Crippen molar-refractivity contribution in [1.29, 1.82) is 0 Å². The second-order valence-corrected chi connectivity index (χ2v) is 67.9. The molecule has 0 saturated carbocycles. The molecule has 4 fully saturated rings. The minimum Gasteiger partial charge on any atom is -0.325 e. The number of rotatable bonds is 2. The van der Waals surface area contributed by atoms with Crippen LogP contribution in [0.25, 0.3) is 0 Å². The molecule has 124 valence electrons. The standard InChI is InChI=1S/C2H7O2PS2.P4S10/c1-3-5(6,7)4-2;5-1-9-2(6)12-3(7,10-1)14-4(8,11-1)13-2/h1-2H3,(H,6,7);. The van der Waals surface area contributed by atoms with Gasteiger partial charge in [-0.3, -0.25) is 0 Å². The van der Waals surface area contributed by atoms with E-state index in [1.165, 1.54) is 14.2 Å². The average Bonchev–Trinajstić information content (AvgIpc) is 2.21. The van der Waals surface area contributed by atoms with Crippen molar-refractivity contribution in [2.75, 3.05) is 14.2 Å². The van der Waals surface area contributed by atoms with Gasteiger partial charge >= 0.3 is 0 Å². The summed E-state index contributed by atoms with van der Waals surface area (Å²) in [5.41, 5.74) is -2.13. The van der Waals surface area contributed by atoms with Crippen molar-refractivity contribution in [3.63, 3.8) is 0 Å². The van der Waals surface area contributed by atoms with Gasteiger partial charge in [-0.2, -0.15) is 0 Å². The molecule has 21 heavy (non-hydrogen) atoms. The van der Waals surface area contributed by atoms with Crippen molar-refractivity contribution >= 4 is 158 Å². The van der Waals surface area contributed by atoms with Crippen LogP contribution in [0.1, 0.15) is 0 Å². The molecule has 0 unspecified atom stereocenters. The molecule has 0 spiro atoms. The van der Waals surface area contributed by atoms with E-state index in [0.717, 1.165) is 0 Å². The van der Waals surface area contributed by atoms with E-state index in [0.29, 0.717) is 0 Å². The molecule has 0 N–H and O–H groups in total. The normalized spacial score (nSPS) is 47.8. The van der Waals surface area contributed by atoms with Gasteiger partial charge in [0.15, 0.2) is 0 Å². The Bertz CT molecular complexity index is 523. The predicted octanol–water partition coefficient (Wildman–Crippen LogP) is 8.76. The zero-order valence-electron chi connectivity index (χ0n) is 9.99. The quantitative estimate of drug-likeness (QED) is 0.240. The number of hydrogen-bond donors (Lipinski definition) is 1. The Balaban J connectivity index is 0.000000199. The van der Waals surface area contributed by atoms with Crippen LogP contribution in [0.3, 0.4) is 0 Å². The van der Waals surface area contributed by atoms with E-state index in [1.54, 1.807) is 0 Å². The molecule has 2 nitrogen and oxygen atoms in total. The Labute approximate surface area is 178 Å². The minimum absolute atomic E-state index is 1.41. The topological polar surface area (TPSA) is 18.5 Å². The van der Waals surface area contributed by atoms with Crippen LogP contribution in [0.5, 0.6) is 0 Å². The summed E-state index contributed by atoms with van der Waals surface area (Å²) in [5.74, 6) is 0. The Morgan fingerprint density at radius 2 is 0.905 bits per heavy atom. The molecule has 4 aliphatic rings. The summed E-state index contributed by atoms with van der Waals surface area (Å²) < 4.78 is 3.67. The number of thiol groups is 1. The molecule has 0 atom stereocenters. The maximum absolute atomic E-state index is 5.75. The third-order valence-corrected chi connectivity index (χ3v) is 100. The molecule has 0 aromatic rings. The third kappa shape index (κ3) is 6.30. The van der Waals surface area contributed by atoms with Gasteiger partial charge in [0.05, 0.1) is 0 Å². The van der Waals surface area contributed by atoms with Crippen molar-refractivity contribution in [2.24, 2.45) is 0 Å². The molecule has 4 heterocycles. The van der Waals surface area contributed by atoms with Crippen molar-refractivity contribution in [1.82, 2.24) is 0 Å².